The monoisotopic (exact) mass is 426 g/mol. The standard InChI is InChI=1S/C23H26N2O6/c1-3-19(22(27)28)24-21(26)20(13-30-2)25-23(29)31-12-18-16-10-6-4-8-14(16)15-9-5-7-11-17(15)18/h4-11,18-20H,3,12-13H2,1-2H3,(H,24,26)(H,25,29)(H,27,28)/t19-,20?/m1/s1. The van der Waals surface area contributed by atoms with E-state index in [1.54, 1.807) is 6.92 Å². The van der Waals surface area contributed by atoms with Gasteiger partial charge in [0.15, 0.2) is 0 Å². The Morgan fingerprint density at radius 1 is 0.968 bits per heavy atom. The van der Waals surface area contributed by atoms with E-state index in [9.17, 15) is 14.4 Å². The molecular weight excluding hydrogens is 400 g/mol. The van der Waals surface area contributed by atoms with Crippen LogP contribution in [0, 0.1) is 0 Å². The maximum absolute atomic E-state index is 12.4. The normalized spacial score (nSPS) is 14.1. The molecule has 1 aliphatic rings. The molecule has 0 fully saturated rings. The lowest BCUT2D eigenvalue weighted by atomic mass is 9.98. The van der Waals surface area contributed by atoms with Crippen LogP contribution in [-0.2, 0) is 19.1 Å². The Morgan fingerprint density at radius 3 is 2.06 bits per heavy atom. The molecule has 0 aromatic heterocycles. The van der Waals surface area contributed by atoms with Crippen LogP contribution in [0.2, 0.25) is 0 Å². The maximum atomic E-state index is 12.4. The van der Waals surface area contributed by atoms with Gasteiger partial charge in [0, 0.05) is 13.0 Å². The minimum atomic E-state index is -1.15. The SMILES string of the molecule is CC[C@@H](NC(=O)C(COC)NC(=O)OCC1c2ccccc2-c2ccccc21)C(=O)O. The van der Waals surface area contributed by atoms with E-state index in [0.29, 0.717) is 0 Å². The summed E-state index contributed by atoms with van der Waals surface area (Å²) >= 11 is 0. The van der Waals surface area contributed by atoms with Crippen LogP contribution < -0.4 is 10.6 Å². The Morgan fingerprint density at radius 2 is 1.55 bits per heavy atom. The first-order chi connectivity index (χ1) is 15.0. The number of ether oxygens (including phenoxy) is 2. The summed E-state index contributed by atoms with van der Waals surface area (Å²) in [5.74, 6) is -1.90. The van der Waals surface area contributed by atoms with E-state index in [2.05, 4.69) is 10.6 Å². The first-order valence-electron chi connectivity index (χ1n) is 10.1. The first kappa shape index (κ1) is 22.3. The zero-order valence-electron chi connectivity index (χ0n) is 17.5. The third-order valence-corrected chi connectivity index (χ3v) is 5.31. The molecule has 2 aromatic rings. The number of aliphatic carboxylic acids is 1. The van der Waals surface area contributed by atoms with Crippen molar-refractivity contribution in [1.82, 2.24) is 10.6 Å². The smallest absolute Gasteiger partial charge is 0.407 e. The molecule has 3 rings (SSSR count). The van der Waals surface area contributed by atoms with Crippen molar-refractivity contribution in [3.8, 4) is 11.1 Å². The number of nitrogens with one attached hydrogen (secondary N) is 2. The number of amides is 2. The van der Waals surface area contributed by atoms with E-state index in [0.717, 1.165) is 22.3 Å². The van der Waals surface area contributed by atoms with Crippen molar-refractivity contribution in [2.24, 2.45) is 0 Å². The highest BCUT2D eigenvalue weighted by atomic mass is 16.5. The highest BCUT2D eigenvalue weighted by Crippen LogP contribution is 2.44. The van der Waals surface area contributed by atoms with Gasteiger partial charge in [0.2, 0.25) is 5.91 Å². The Kier molecular flexibility index (Phi) is 7.25. The summed E-state index contributed by atoms with van der Waals surface area (Å²) in [5, 5.41) is 14.0. The molecule has 1 aliphatic carbocycles. The van der Waals surface area contributed by atoms with Crippen molar-refractivity contribution >= 4 is 18.0 Å². The van der Waals surface area contributed by atoms with E-state index in [-0.39, 0.29) is 25.6 Å². The highest BCUT2D eigenvalue weighted by Gasteiger charge is 2.30. The van der Waals surface area contributed by atoms with Gasteiger partial charge in [0.25, 0.3) is 0 Å². The van der Waals surface area contributed by atoms with Crippen LogP contribution >= 0.6 is 0 Å². The van der Waals surface area contributed by atoms with Gasteiger partial charge < -0.3 is 25.2 Å². The number of benzene rings is 2. The molecule has 0 heterocycles. The van der Waals surface area contributed by atoms with Crippen LogP contribution in [0.3, 0.4) is 0 Å². The molecule has 0 saturated heterocycles. The van der Waals surface area contributed by atoms with Gasteiger partial charge >= 0.3 is 12.1 Å². The van der Waals surface area contributed by atoms with Crippen LogP contribution in [0.5, 0.6) is 0 Å². The second-order valence-electron chi connectivity index (χ2n) is 7.29. The van der Waals surface area contributed by atoms with Gasteiger partial charge in [0.1, 0.15) is 18.7 Å². The largest absolute Gasteiger partial charge is 0.480 e. The average Bonchev–Trinajstić information content (AvgIpc) is 3.09. The number of carboxylic acid groups (broad SMARTS) is 1. The Bertz CT molecular complexity index is 915. The predicted molar refractivity (Wildman–Crippen MR) is 114 cm³/mol. The fraction of sp³-hybridized carbons (Fsp3) is 0.348. The average molecular weight is 426 g/mol. The molecule has 0 radical (unpaired) electrons. The zero-order chi connectivity index (χ0) is 22.4. The van der Waals surface area contributed by atoms with Crippen molar-refractivity contribution < 1.29 is 29.0 Å². The summed E-state index contributed by atoms with van der Waals surface area (Å²) in [6, 6.07) is 13.8. The molecule has 8 heteroatoms. The number of rotatable bonds is 9. The molecule has 0 saturated carbocycles. The number of hydrogen-bond donors (Lipinski definition) is 3. The third kappa shape index (κ3) is 5.03. The summed E-state index contributed by atoms with van der Waals surface area (Å²) in [6.45, 7) is 1.63. The van der Waals surface area contributed by atoms with E-state index >= 15 is 0 Å². The molecular formula is C23H26N2O6. The van der Waals surface area contributed by atoms with Crippen molar-refractivity contribution in [3.63, 3.8) is 0 Å². The zero-order valence-corrected chi connectivity index (χ0v) is 17.5. The number of carbonyl (C=O) groups is 3. The van der Waals surface area contributed by atoms with Gasteiger partial charge in [0.05, 0.1) is 6.61 Å². The van der Waals surface area contributed by atoms with Crippen LogP contribution in [0.4, 0.5) is 4.79 Å². The van der Waals surface area contributed by atoms with Crippen LogP contribution in [0.15, 0.2) is 48.5 Å². The molecule has 8 nitrogen and oxygen atoms in total. The molecule has 164 valence electrons. The maximum Gasteiger partial charge on any atom is 0.407 e. The van der Waals surface area contributed by atoms with Gasteiger partial charge in [-0.3, -0.25) is 4.79 Å². The topological polar surface area (TPSA) is 114 Å². The predicted octanol–water partition coefficient (Wildman–Crippen LogP) is 2.52. The molecule has 2 aromatic carbocycles. The third-order valence-electron chi connectivity index (χ3n) is 5.31. The fourth-order valence-electron chi connectivity index (χ4n) is 3.74. The molecule has 0 aliphatic heterocycles. The van der Waals surface area contributed by atoms with Crippen molar-refractivity contribution in [3.05, 3.63) is 59.7 Å². The van der Waals surface area contributed by atoms with E-state index < -0.39 is 30.1 Å². The lowest BCUT2D eigenvalue weighted by molar-refractivity contribution is -0.142. The summed E-state index contributed by atoms with van der Waals surface area (Å²) < 4.78 is 10.4. The second-order valence-corrected chi connectivity index (χ2v) is 7.29. The number of hydrogen-bond acceptors (Lipinski definition) is 5. The van der Waals surface area contributed by atoms with Crippen LogP contribution in [-0.4, -0.2) is 55.5 Å². The minimum absolute atomic E-state index is 0.105. The highest BCUT2D eigenvalue weighted by molar-refractivity contribution is 5.89. The number of fused-ring (bicyclic) bond motifs is 3. The van der Waals surface area contributed by atoms with Crippen molar-refractivity contribution in [1.29, 1.82) is 0 Å². The van der Waals surface area contributed by atoms with Gasteiger partial charge in [-0.15, -0.1) is 0 Å². The molecule has 0 spiro atoms. The lowest BCUT2D eigenvalue weighted by Gasteiger charge is -2.21. The Hall–Kier alpha value is -3.39. The molecule has 31 heavy (non-hydrogen) atoms. The number of alkyl carbamates (subject to hydrolysis) is 1. The Labute approximate surface area is 180 Å². The summed E-state index contributed by atoms with van der Waals surface area (Å²) in [4.78, 5) is 36.0. The molecule has 2 amide bonds. The van der Waals surface area contributed by atoms with Crippen LogP contribution in [0.25, 0.3) is 11.1 Å². The molecule has 2 atom stereocenters. The molecule has 0 bridgehead atoms. The summed E-state index contributed by atoms with van der Waals surface area (Å²) in [5.41, 5.74) is 4.39. The first-order valence-corrected chi connectivity index (χ1v) is 10.1. The summed E-state index contributed by atoms with van der Waals surface area (Å²) in [6.07, 6.45) is -0.562. The molecule has 1 unspecified atom stereocenters. The number of methoxy groups -OCH3 is 1. The van der Waals surface area contributed by atoms with Gasteiger partial charge in [-0.05, 0) is 28.7 Å². The van der Waals surface area contributed by atoms with Gasteiger partial charge in [-0.25, -0.2) is 9.59 Å². The van der Waals surface area contributed by atoms with Crippen LogP contribution in [0.1, 0.15) is 30.4 Å². The van der Waals surface area contributed by atoms with Gasteiger partial charge in [-0.2, -0.15) is 0 Å². The lowest BCUT2D eigenvalue weighted by Crippen LogP contribution is -2.53. The number of carbonyl (C=O) groups excluding carboxylic acids is 2. The quantitative estimate of drug-likeness (QED) is 0.568. The Balaban J connectivity index is 1.64. The fourth-order valence-corrected chi connectivity index (χ4v) is 3.74. The summed E-state index contributed by atoms with van der Waals surface area (Å²) in [7, 11) is 1.38. The van der Waals surface area contributed by atoms with Gasteiger partial charge in [-0.1, -0.05) is 55.5 Å². The van der Waals surface area contributed by atoms with E-state index in [1.807, 2.05) is 48.5 Å². The molecule has 3 N–H and O–H groups in total. The minimum Gasteiger partial charge on any atom is -0.480 e. The van der Waals surface area contributed by atoms with E-state index in [4.69, 9.17) is 14.6 Å². The number of carboxylic acids is 1. The van der Waals surface area contributed by atoms with Crippen molar-refractivity contribution in [2.75, 3.05) is 20.3 Å². The second kappa shape index (κ2) is 10.1. The van der Waals surface area contributed by atoms with E-state index in [1.165, 1.54) is 7.11 Å². The van der Waals surface area contributed by atoms with Crippen molar-refractivity contribution in [2.45, 2.75) is 31.3 Å².